The van der Waals surface area contributed by atoms with Crippen LogP contribution in [-0.2, 0) is 0 Å². The van der Waals surface area contributed by atoms with Crippen LogP contribution in [0.2, 0.25) is 5.02 Å². The summed E-state index contributed by atoms with van der Waals surface area (Å²) in [7, 11) is 0. The lowest BCUT2D eigenvalue weighted by atomic mass is 9.95. The van der Waals surface area contributed by atoms with Gasteiger partial charge < -0.3 is 5.32 Å². The fourth-order valence-electron chi connectivity index (χ4n) is 3.39. The SMILES string of the molecule is Clc1ccccc1-c1nc(NC2CCCCC2)c2ccccc2n1. The first-order chi connectivity index (χ1) is 11.8. The van der Waals surface area contributed by atoms with Gasteiger partial charge in [-0.2, -0.15) is 0 Å². The number of hydrogen-bond acceptors (Lipinski definition) is 3. The van der Waals surface area contributed by atoms with Crippen molar-refractivity contribution in [3.63, 3.8) is 0 Å². The zero-order valence-corrected chi connectivity index (χ0v) is 14.3. The van der Waals surface area contributed by atoms with Gasteiger partial charge in [-0.15, -0.1) is 0 Å². The van der Waals surface area contributed by atoms with Crippen LogP contribution in [0.3, 0.4) is 0 Å². The van der Waals surface area contributed by atoms with E-state index in [4.69, 9.17) is 21.6 Å². The Labute approximate surface area is 147 Å². The van der Waals surface area contributed by atoms with Gasteiger partial charge in [-0.1, -0.05) is 55.1 Å². The van der Waals surface area contributed by atoms with Crippen LogP contribution < -0.4 is 5.32 Å². The minimum atomic E-state index is 0.496. The maximum Gasteiger partial charge on any atom is 0.163 e. The van der Waals surface area contributed by atoms with Crippen LogP contribution in [0.15, 0.2) is 48.5 Å². The number of halogens is 1. The number of nitrogens with zero attached hydrogens (tertiary/aromatic N) is 2. The zero-order valence-electron chi connectivity index (χ0n) is 13.5. The number of para-hydroxylation sites is 1. The molecule has 1 N–H and O–H groups in total. The lowest BCUT2D eigenvalue weighted by molar-refractivity contribution is 0.462. The van der Waals surface area contributed by atoms with E-state index in [1.54, 1.807) is 0 Å². The minimum Gasteiger partial charge on any atom is -0.367 e. The van der Waals surface area contributed by atoms with Crippen molar-refractivity contribution in [2.24, 2.45) is 0 Å². The summed E-state index contributed by atoms with van der Waals surface area (Å²) in [6.45, 7) is 0. The average Bonchev–Trinajstić information content (AvgIpc) is 2.63. The maximum absolute atomic E-state index is 6.35. The van der Waals surface area contributed by atoms with Crippen molar-refractivity contribution in [3.8, 4) is 11.4 Å². The standard InChI is InChI=1S/C20H20ClN3/c21-17-12-6-4-10-15(17)19-23-18-13-7-5-11-16(18)20(24-19)22-14-8-2-1-3-9-14/h4-7,10-14H,1-3,8-9H2,(H,22,23,24). The van der Waals surface area contributed by atoms with Crippen LogP contribution in [0.1, 0.15) is 32.1 Å². The summed E-state index contributed by atoms with van der Waals surface area (Å²) in [5.74, 6) is 1.60. The predicted molar refractivity (Wildman–Crippen MR) is 100 cm³/mol. The summed E-state index contributed by atoms with van der Waals surface area (Å²) >= 11 is 6.35. The Kier molecular flexibility index (Phi) is 4.35. The number of nitrogens with one attached hydrogen (secondary N) is 1. The second-order valence-corrected chi connectivity index (χ2v) is 6.78. The molecule has 0 atom stereocenters. The second-order valence-electron chi connectivity index (χ2n) is 6.37. The third-order valence-corrected chi connectivity index (χ3v) is 4.99. The van der Waals surface area contributed by atoms with Gasteiger partial charge in [-0.25, -0.2) is 9.97 Å². The summed E-state index contributed by atoms with van der Waals surface area (Å²) in [6, 6.07) is 16.4. The fourth-order valence-corrected chi connectivity index (χ4v) is 3.61. The summed E-state index contributed by atoms with van der Waals surface area (Å²) < 4.78 is 0. The third-order valence-electron chi connectivity index (χ3n) is 4.66. The van der Waals surface area contributed by atoms with Crippen LogP contribution in [0.4, 0.5) is 5.82 Å². The Morgan fingerprint density at radius 2 is 1.62 bits per heavy atom. The molecule has 1 heterocycles. The summed E-state index contributed by atoms with van der Waals surface area (Å²) in [4.78, 5) is 9.54. The number of benzene rings is 2. The monoisotopic (exact) mass is 337 g/mol. The lowest BCUT2D eigenvalue weighted by Gasteiger charge is -2.24. The van der Waals surface area contributed by atoms with Crippen molar-refractivity contribution >= 4 is 28.3 Å². The number of rotatable bonds is 3. The van der Waals surface area contributed by atoms with E-state index in [1.807, 2.05) is 42.5 Å². The molecular formula is C20H20ClN3. The molecular weight excluding hydrogens is 318 g/mol. The molecule has 0 saturated heterocycles. The Morgan fingerprint density at radius 3 is 2.46 bits per heavy atom. The normalized spacial score (nSPS) is 15.5. The molecule has 4 rings (SSSR count). The second kappa shape index (κ2) is 6.78. The summed E-state index contributed by atoms with van der Waals surface area (Å²) in [5, 5.41) is 5.40. The van der Waals surface area contributed by atoms with Crippen molar-refractivity contribution in [1.82, 2.24) is 9.97 Å². The molecule has 2 aromatic carbocycles. The number of anilines is 1. The van der Waals surface area contributed by atoms with Gasteiger partial charge in [0.15, 0.2) is 5.82 Å². The van der Waals surface area contributed by atoms with Crippen LogP contribution in [0, 0.1) is 0 Å². The first-order valence-corrected chi connectivity index (χ1v) is 8.97. The van der Waals surface area contributed by atoms with Gasteiger partial charge in [0, 0.05) is 17.0 Å². The van der Waals surface area contributed by atoms with E-state index in [1.165, 1.54) is 32.1 Å². The number of hydrogen-bond donors (Lipinski definition) is 1. The predicted octanol–water partition coefficient (Wildman–Crippen LogP) is 5.69. The molecule has 0 amide bonds. The van der Waals surface area contributed by atoms with Gasteiger partial charge in [0.1, 0.15) is 5.82 Å². The maximum atomic E-state index is 6.35. The van der Waals surface area contributed by atoms with Gasteiger partial charge in [-0.05, 0) is 37.1 Å². The highest BCUT2D eigenvalue weighted by molar-refractivity contribution is 6.33. The molecule has 24 heavy (non-hydrogen) atoms. The molecule has 0 radical (unpaired) electrons. The molecule has 1 aromatic heterocycles. The molecule has 3 aromatic rings. The van der Waals surface area contributed by atoms with Crippen molar-refractivity contribution in [2.45, 2.75) is 38.1 Å². The highest BCUT2D eigenvalue weighted by Gasteiger charge is 2.17. The van der Waals surface area contributed by atoms with Gasteiger partial charge in [0.2, 0.25) is 0 Å². The van der Waals surface area contributed by atoms with Crippen LogP contribution >= 0.6 is 11.6 Å². The Bertz CT molecular complexity index is 856. The minimum absolute atomic E-state index is 0.496. The molecule has 0 aliphatic heterocycles. The topological polar surface area (TPSA) is 37.8 Å². The number of aromatic nitrogens is 2. The first-order valence-electron chi connectivity index (χ1n) is 8.59. The Balaban J connectivity index is 1.80. The molecule has 1 aliphatic rings. The smallest absolute Gasteiger partial charge is 0.163 e. The molecule has 1 fully saturated rings. The van der Waals surface area contributed by atoms with Gasteiger partial charge in [-0.3, -0.25) is 0 Å². The highest BCUT2D eigenvalue weighted by Crippen LogP contribution is 2.30. The summed E-state index contributed by atoms with van der Waals surface area (Å²) in [5.41, 5.74) is 1.82. The summed E-state index contributed by atoms with van der Waals surface area (Å²) in [6.07, 6.45) is 6.34. The fraction of sp³-hybridized carbons (Fsp3) is 0.300. The van der Waals surface area contributed by atoms with Crippen LogP contribution in [-0.4, -0.2) is 16.0 Å². The van der Waals surface area contributed by atoms with E-state index in [0.717, 1.165) is 22.3 Å². The molecule has 122 valence electrons. The molecule has 0 spiro atoms. The average molecular weight is 338 g/mol. The molecule has 0 bridgehead atoms. The Morgan fingerprint density at radius 1 is 0.875 bits per heavy atom. The third kappa shape index (κ3) is 3.09. The van der Waals surface area contributed by atoms with Crippen molar-refractivity contribution in [3.05, 3.63) is 53.6 Å². The van der Waals surface area contributed by atoms with Crippen molar-refractivity contribution in [1.29, 1.82) is 0 Å². The van der Waals surface area contributed by atoms with E-state index in [0.29, 0.717) is 16.9 Å². The Hall–Kier alpha value is -2.13. The van der Waals surface area contributed by atoms with E-state index in [9.17, 15) is 0 Å². The molecule has 0 unspecified atom stereocenters. The van der Waals surface area contributed by atoms with Crippen molar-refractivity contribution in [2.75, 3.05) is 5.32 Å². The van der Waals surface area contributed by atoms with E-state index in [2.05, 4.69) is 11.4 Å². The zero-order chi connectivity index (χ0) is 16.4. The van der Waals surface area contributed by atoms with Crippen LogP contribution in [0.25, 0.3) is 22.3 Å². The first kappa shape index (κ1) is 15.4. The number of fused-ring (bicyclic) bond motifs is 1. The van der Waals surface area contributed by atoms with Gasteiger partial charge in [0.05, 0.1) is 10.5 Å². The molecule has 1 aliphatic carbocycles. The van der Waals surface area contributed by atoms with E-state index >= 15 is 0 Å². The van der Waals surface area contributed by atoms with Gasteiger partial charge in [0.25, 0.3) is 0 Å². The van der Waals surface area contributed by atoms with E-state index < -0.39 is 0 Å². The highest BCUT2D eigenvalue weighted by atomic mass is 35.5. The quantitative estimate of drug-likeness (QED) is 0.666. The molecule has 3 nitrogen and oxygen atoms in total. The molecule has 1 saturated carbocycles. The van der Waals surface area contributed by atoms with Crippen molar-refractivity contribution < 1.29 is 0 Å². The largest absolute Gasteiger partial charge is 0.367 e. The lowest BCUT2D eigenvalue weighted by Crippen LogP contribution is -2.23. The molecule has 4 heteroatoms. The van der Waals surface area contributed by atoms with E-state index in [-0.39, 0.29) is 0 Å². The van der Waals surface area contributed by atoms with Gasteiger partial charge >= 0.3 is 0 Å². The van der Waals surface area contributed by atoms with Crippen LogP contribution in [0.5, 0.6) is 0 Å².